The fourth-order valence-electron chi connectivity index (χ4n) is 5.46. The van der Waals surface area contributed by atoms with Crippen molar-refractivity contribution < 1.29 is 31.2 Å². The number of nitrogens with one attached hydrogen (secondary N) is 3. The highest BCUT2D eigenvalue weighted by molar-refractivity contribution is 7.92. The lowest BCUT2D eigenvalue weighted by Crippen LogP contribution is -2.47. The lowest BCUT2D eigenvalue weighted by molar-refractivity contribution is -0.133. The molecule has 0 spiro atoms. The Balaban J connectivity index is 1.34. The molecule has 0 atom stereocenters. The van der Waals surface area contributed by atoms with Crippen LogP contribution < -0.4 is 19.7 Å². The van der Waals surface area contributed by atoms with Crippen LogP contribution in [-0.2, 0) is 34.4 Å². The molecule has 4 aromatic rings. The van der Waals surface area contributed by atoms with E-state index in [0.717, 1.165) is 10.6 Å². The van der Waals surface area contributed by atoms with Gasteiger partial charge in [0.2, 0.25) is 15.9 Å². The summed E-state index contributed by atoms with van der Waals surface area (Å²) in [6.45, 7) is 1.23. The minimum Gasteiger partial charge on any atom is -0.378 e. The van der Waals surface area contributed by atoms with Crippen LogP contribution in [0.25, 0.3) is 11.3 Å². The first-order chi connectivity index (χ1) is 23.0. The van der Waals surface area contributed by atoms with Gasteiger partial charge in [0.1, 0.15) is 6.54 Å². The topological polar surface area (TPSA) is 154 Å². The summed E-state index contributed by atoms with van der Waals surface area (Å²) in [6.07, 6.45) is 1.05. The summed E-state index contributed by atoms with van der Waals surface area (Å²) >= 11 is 0. The average Bonchev–Trinajstić information content (AvgIpc) is 3.41. The molecule has 2 heterocycles. The number of anilines is 4. The first kappa shape index (κ1) is 32.7. The van der Waals surface area contributed by atoms with Crippen molar-refractivity contribution in [1.29, 1.82) is 0 Å². The fraction of sp³-hybridized carbons (Fsp3) is 0.176. The minimum atomic E-state index is -3.99. The van der Waals surface area contributed by atoms with E-state index >= 15 is 0 Å². The van der Waals surface area contributed by atoms with Crippen molar-refractivity contribution in [3.63, 3.8) is 0 Å². The lowest BCUT2D eigenvalue weighted by atomic mass is 10.00. The van der Waals surface area contributed by atoms with E-state index in [1.807, 2.05) is 30.3 Å². The zero-order valence-corrected chi connectivity index (χ0v) is 27.6. The van der Waals surface area contributed by atoms with Gasteiger partial charge in [-0.1, -0.05) is 48.5 Å². The van der Waals surface area contributed by atoms with Crippen LogP contribution in [0.3, 0.4) is 0 Å². The van der Waals surface area contributed by atoms with Crippen LogP contribution in [0.4, 0.5) is 22.7 Å². The third kappa shape index (κ3) is 7.20. The van der Waals surface area contributed by atoms with Gasteiger partial charge >= 0.3 is 0 Å². The highest BCUT2D eigenvalue weighted by atomic mass is 32.2. The molecule has 0 radical (unpaired) electrons. The van der Waals surface area contributed by atoms with Crippen molar-refractivity contribution in [3.8, 4) is 0 Å². The molecule has 0 aromatic heterocycles. The van der Waals surface area contributed by atoms with Crippen molar-refractivity contribution in [2.75, 3.05) is 58.8 Å². The molecule has 2 aliphatic heterocycles. The molecular weight excluding hydrogens is 655 g/mol. The van der Waals surface area contributed by atoms with Crippen molar-refractivity contribution >= 4 is 65.9 Å². The lowest BCUT2D eigenvalue weighted by Gasteiger charge is -2.30. The molecule has 48 heavy (non-hydrogen) atoms. The summed E-state index contributed by atoms with van der Waals surface area (Å²) in [5, 5.41) is 6.13. The molecule has 248 valence electrons. The van der Waals surface area contributed by atoms with Crippen LogP contribution >= 0.6 is 0 Å². The summed E-state index contributed by atoms with van der Waals surface area (Å²) < 4.78 is 61.0. The van der Waals surface area contributed by atoms with Gasteiger partial charge in [0.05, 0.1) is 41.3 Å². The summed E-state index contributed by atoms with van der Waals surface area (Å²) in [5.41, 5.74) is 3.36. The number of nitrogens with zero attached hydrogens (tertiary/aromatic N) is 2. The number of hydrogen-bond donors (Lipinski definition) is 3. The molecule has 0 saturated carbocycles. The van der Waals surface area contributed by atoms with Crippen molar-refractivity contribution in [3.05, 3.63) is 114 Å². The normalized spacial score (nSPS) is 15.7. The number of rotatable bonds is 10. The molecule has 0 unspecified atom stereocenters. The third-order valence-electron chi connectivity index (χ3n) is 7.85. The number of benzene rings is 4. The van der Waals surface area contributed by atoms with E-state index in [1.165, 1.54) is 12.1 Å². The van der Waals surface area contributed by atoms with E-state index in [2.05, 4.69) is 15.4 Å². The van der Waals surface area contributed by atoms with Crippen molar-refractivity contribution in [1.82, 2.24) is 4.90 Å². The number of carbonyl (C=O) groups excluding carboxylic acids is 2. The predicted molar refractivity (Wildman–Crippen MR) is 185 cm³/mol. The Bertz CT molecular complexity index is 2080. The van der Waals surface area contributed by atoms with E-state index in [9.17, 15) is 26.4 Å². The minimum absolute atomic E-state index is 0.0247. The third-order valence-corrected chi connectivity index (χ3v) is 10.4. The van der Waals surface area contributed by atoms with Crippen LogP contribution in [0.5, 0.6) is 0 Å². The van der Waals surface area contributed by atoms with Gasteiger partial charge in [0.15, 0.2) is 0 Å². The Labute approximate surface area is 279 Å². The summed E-state index contributed by atoms with van der Waals surface area (Å²) in [7, 11) is -7.79. The van der Waals surface area contributed by atoms with E-state index in [0.29, 0.717) is 65.9 Å². The molecule has 0 aliphatic carbocycles. The Morgan fingerprint density at radius 2 is 1.50 bits per heavy atom. The smallest absolute Gasteiger partial charge is 0.261 e. The maximum absolute atomic E-state index is 13.5. The molecule has 2 amide bonds. The molecule has 2 aliphatic rings. The number of ether oxygens (including phenoxy) is 1. The second kappa shape index (κ2) is 13.5. The molecule has 1 saturated heterocycles. The Morgan fingerprint density at radius 1 is 0.854 bits per heavy atom. The Hall–Kier alpha value is -5.18. The van der Waals surface area contributed by atoms with E-state index in [-0.39, 0.29) is 22.9 Å². The van der Waals surface area contributed by atoms with Crippen LogP contribution in [0.1, 0.15) is 11.1 Å². The molecule has 3 N–H and O–H groups in total. The number of carbonyl (C=O) groups is 2. The highest BCUT2D eigenvalue weighted by Gasteiger charge is 2.31. The Kier molecular flexibility index (Phi) is 9.22. The highest BCUT2D eigenvalue weighted by Crippen LogP contribution is 2.39. The SMILES string of the molecule is CS(=O)(=O)N(CC(=O)N1CCOCC1)c1ccc(NC(=C2C(=O)Nc3ccc(S(=O)(=O)Nc4ccccc4)cc32)c2ccccc2)cc1. The van der Waals surface area contributed by atoms with Gasteiger partial charge in [0.25, 0.3) is 15.9 Å². The molecule has 1 fully saturated rings. The number of sulfonamides is 2. The van der Waals surface area contributed by atoms with Gasteiger partial charge in [-0.05, 0) is 60.2 Å². The number of hydrogen-bond acceptors (Lipinski definition) is 8. The summed E-state index contributed by atoms with van der Waals surface area (Å²) in [5.74, 6) is -0.753. The van der Waals surface area contributed by atoms with Crippen LogP contribution in [-0.4, -0.2) is 72.7 Å². The molecule has 6 rings (SSSR count). The number of fused-ring (bicyclic) bond motifs is 1. The zero-order chi connectivity index (χ0) is 33.9. The van der Waals surface area contributed by atoms with Crippen molar-refractivity contribution in [2.45, 2.75) is 4.90 Å². The van der Waals surface area contributed by atoms with E-state index in [1.54, 1.807) is 65.6 Å². The second-order valence-corrected chi connectivity index (χ2v) is 14.8. The molecule has 4 aromatic carbocycles. The van der Waals surface area contributed by atoms with Crippen molar-refractivity contribution in [2.24, 2.45) is 0 Å². The average molecular weight is 688 g/mol. The summed E-state index contributed by atoms with van der Waals surface area (Å²) in [4.78, 5) is 28.0. The first-order valence-corrected chi connectivity index (χ1v) is 18.4. The number of amides is 2. The second-order valence-electron chi connectivity index (χ2n) is 11.2. The van der Waals surface area contributed by atoms with Gasteiger partial charge < -0.3 is 20.3 Å². The maximum Gasteiger partial charge on any atom is 0.261 e. The number of morpholine rings is 1. The first-order valence-electron chi connectivity index (χ1n) is 15.0. The molecule has 0 bridgehead atoms. The monoisotopic (exact) mass is 687 g/mol. The summed E-state index contributed by atoms with van der Waals surface area (Å²) in [6, 6.07) is 28.5. The van der Waals surface area contributed by atoms with Gasteiger partial charge in [-0.2, -0.15) is 0 Å². The van der Waals surface area contributed by atoms with Gasteiger partial charge in [-0.3, -0.25) is 18.6 Å². The quantitative estimate of drug-likeness (QED) is 0.211. The molecular formula is C34H33N5O7S2. The predicted octanol–water partition coefficient (Wildman–Crippen LogP) is 4.04. The van der Waals surface area contributed by atoms with Gasteiger partial charge in [0, 0.05) is 35.7 Å². The van der Waals surface area contributed by atoms with Crippen LogP contribution in [0.15, 0.2) is 108 Å². The standard InChI is InChI=1S/C34H33N5O7S2/c1-47(42,43)39(23-31(40)38-18-20-46-21-19-38)27-14-12-25(13-15-27)35-33(24-8-4-2-5-9-24)32-29-22-28(16-17-30(29)36-34(32)41)48(44,45)37-26-10-6-3-7-11-26/h2-17,22,35,37H,18-21,23H2,1H3,(H,36,41). The molecule has 14 heteroatoms. The van der Waals surface area contributed by atoms with Gasteiger partial charge in [-0.15, -0.1) is 0 Å². The fourth-order valence-corrected chi connectivity index (χ4v) is 7.39. The Morgan fingerprint density at radius 3 is 2.15 bits per heavy atom. The zero-order valence-electron chi connectivity index (χ0n) is 25.9. The maximum atomic E-state index is 13.5. The van der Waals surface area contributed by atoms with Crippen LogP contribution in [0, 0.1) is 0 Å². The van der Waals surface area contributed by atoms with Gasteiger partial charge in [-0.25, -0.2) is 16.8 Å². The van der Waals surface area contributed by atoms with E-state index < -0.39 is 26.0 Å². The number of para-hydroxylation sites is 1. The van der Waals surface area contributed by atoms with E-state index in [4.69, 9.17) is 4.74 Å². The largest absolute Gasteiger partial charge is 0.378 e. The molecule has 12 nitrogen and oxygen atoms in total. The van der Waals surface area contributed by atoms with Crippen LogP contribution in [0.2, 0.25) is 0 Å².